The third-order valence-electron chi connectivity index (χ3n) is 3.71. The van der Waals surface area contributed by atoms with Gasteiger partial charge in [-0.25, -0.2) is 9.37 Å². The van der Waals surface area contributed by atoms with E-state index in [0.717, 1.165) is 0 Å². The van der Waals surface area contributed by atoms with Crippen LogP contribution in [0.5, 0.6) is 0 Å². The van der Waals surface area contributed by atoms with E-state index in [9.17, 15) is 9.18 Å². The van der Waals surface area contributed by atoms with Crippen LogP contribution in [0.25, 0.3) is 22.4 Å². The molecule has 0 saturated heterocycles. The van der Waals surface area contributed by atoms with Gasteiger partial charge in [-0.2, -0.15) is 0 Å². The molecule has 1 N–H and O–H groups in total. The van der Waals surface area contributed by atoms with Gasteiger partial charge in [0.25, 0.3) is 5.91 Å². The minimum atomic E-state index is -0.435. The lowest BCUT2D eigenvalue weighted by molar-refractivity contribution is 0.102. The summed E-state index contributed by atoms with van der Waals surface area (Å²) in [5, 5.41) is 3.19. The summed E-state index contributed by atoms with van der Waals surface area (Å²) in [7, 11) is 0. The van der Waals surface area contributed by atoms with Crippen LogP contribution in [0.3, 0.4) is 0 Å². The lowest BCUT2D eigenvalue weighted by Gasteiger charge is -2.09. The van der Waals surface area contributed by atoms with Crippen molar-refractivity contribution in [2.24, 2.45) is 0 Å². The predicted octanol–water partition coefficient (Wildman–Crippen LogP) is 4.28. The van der Waals surface area contributed by atoms with Crippen LogP contribution < -0.4 is 5.32 Å². The summed E-state index contributed by atoms with van der Waals surface area (Å²) < 4.78 is 19.1. The van der Waals surface area contributed by atoms with Gasteiger partial charge in [-0.05, 0) is 48.5 Å². The number of nitrogens with one attached hydrogen (secondary N) is 1. The van der Waals surface area contributed by atoms with Crippen molar-refractivity contribution >= 4 is 22.5 Å². The molecule has 0 saturated carbocycles. The van der Waals surface area contributed by atoms with E-state index < -0.39 is 5.82 Å². The molecule has 25 heavy (non-hydrogen) atoms. The first kappa shape index (κ1) is 15.0. The number of aromatic nitrogens is 2. The standard InChI is InChI=1S/C19H12FN3O2/c20-12-5-6-16-14(9-12)15(10-17(23-16)18-4-2-8-25-18)19(24)22-13-3-1-7-21-11-13/h1-11H,(H,22,24). The van der Waals surface area contributed by atoms with E-state index in [2.05, 4.69) is 15.3 Å². The number of nitrogens with zero attached hydrogens (tertiary/aromatic N) is 2. The van der Waals surface area contributed by atoms with Crippen molar-refractivity contribution in [3.8, 4) is 11.5 Å². The summed E-state index contributed by atoms with van der Waals surface area (Å²) in [6.45, 7) is 0. The highest BCUT2D eigenvalue weighted by Gasteiger charge is 2.16. The Hall–Kier alpha value is -3.54. The molecule has 3 aromatic heterocycles. The number of fused-ring (bicyclic) bond motifs is 1. The minimum absolute atomic E-state index is 0.305. The fourth-order valence-electron chi connectivity index (χ4n) is 2.57. The summed E-state index contributed by atoms with van der Waals surface area (Å²) in [5.74, 6) is -0.282. The molecule has 4 rings (SSSR count). The molecule has 1 amide bonds. The molecule has 0 bridgehead atoms. The Labute approximate surface area is 142 Å². The summed E-state index contributed by atoms with van der Waals surface area (Å²) >= 11 is 0. The summed E-state index contributed by atoms with van der Waals surface area (Å²) in [5.41, 5.74) is 1.86. The Morgan fingerprint density at radius 1 is 1.12 bits per heavy atom. The number of rotatable bonds is 3. The number of anilines is 1. The van der Waals surface area contributed by atoms with Crippen LogP contribution in [0.15, 0.2) is 71.6 Å². The number of hydrogen-bond acceptors (Lipinski definition) is 4. The topological polar surface area (TPSA) is 68.0 Å². The van der Waals surface area contributed by atoms with E-state index in [4.69, 9.17) is 4.42 Å². The van der Waals surface area contributed by atoms with Crippen LogP contribution in [-0.4, -0.2) is 15.9 Å². The first-order chi connectivity index (χ1) is 12.2. The fourth-order valence-corrected chi connectivity index (χ4v) is 2.57. The highest BCUT2D eigenvalue weighted by atomic mass is 19.1. The van der Waals surface area contributed by atoms with Crippen LogP contribution in [0, 0.1) is 5.82 Å². The second-order valence-electron chi connectivity index (χ2n) is 5.39. The molecule has 0 radical (unpaired) electrons. The maximum Gasteiger partial charge on any atom is 0.256 e. The average Bonchev–Trinajstić information content (AvgIpc) is 3.16. The molecule has 1 aromatic carbocycles. The van der Waals surface area contributed by atoms with Crippen molar-refractivity contribution < 1.29 is 13.6 Å². The van der Waals surface area contributed by atoms with E-state index >= 15 is 0 Å². The number of carbonyl (C=O) groups is 1. The van der Waals surface area contributed by atoms with Gasteiger partial charge in [-0.3, -0.25) is 9.78 Å². The van der Waals surface area contributed by atoms with Gasteiger partial charge in [-0.1, -0.05) is 0 Å². The van der Waals surface area contributed by atoms with E-state index in [-0.39, 0.29) is 5.91 Å². The van der Waals surface area contributed by atoms with Gasteiger partial charge in [0.15, 0.2) is 5.76 Å². The molecule has 0 fully saturated rings. The van der Waals surface area contributed by atoms with E-state index in [1.807, 2.05) is 0 Å². The Morgan fingerprint density at radius 3 is 2.80 bits per heavy atom. The molecule has 5 nitrogen and oxygen atoms in total. The second kappa shape index (κ2) is 6.16. The van der Waals surface area contributed by atoms with Crippen molar-refractivity contribution in [3.05, 3.63) is 78.6 Å². The van der Waals surface area contributed by atoms with Gasteiger partial charge in [0, 0.05) is 11.6 Å². The molecule has 0 spiro atoms. The number of pyridine rings is 2. The third-order valence-corrected chi connectivity index (χ3v) is 3.71. The highest BCUT2D eigenvalue weighted by Crippen LogP contribution is 2.26. The Morgan fingerprint density at radius 2 is 2.04 bits per heavy atom. The number of halogens is 1. The van der Waals surface area contributed by atoms with Crippen molar-refractivity contribution in [2.45, 2.75) is 0 Å². The normalized spacial score (nSPS) is 10.8. The molecule has 122 valence electrons. The first-order valence-electron chi connectivity index (χ1n) is 7.56. The zero-order chi connectivity index (χ0) is 17.2. The molecular formula is C19H12FN3O2. The largest absolute Gasteiger partial charge is 0.463 e. The molecule has 3 heterocycles. The minimum Gasteiger partial charge on any atom is -0.463 e. The molecule has 0 aliphatic rings. The monoisotopic (exact) mass is 333 g/mol. The number of benzene rings is 1. The van der Waals surface area contributed by atoms with Crippen LogP contribution in [0.1, 0.15) is 10.4 Å². The molecular weight excluding hydrogens is 321 g/mol. The lowest BCUT2D eigenvalue weighted by atomic mass is 10.1. The Balaban J connectivity index is 1.85. The first-order valence-corrected chi connectivity index (χ1v) is 7.56. The molecule has 0 atom stereocenters. The number of carbonyl (C=O) groups excluding carboxylic acids is 1. The van der Waals surface area contributed by atoms with Crippen LogP contribution >= 0.6 is 0 Å². The summed E-state index contributed by atoms with van der Waals surface area (Å²) in [6.07, 6.45) is 4.68. The van der Waals surface area contributed by atoms with E-state index in [0.29, 0.717) is 33.6 Å². The number of hydrogen-bond donors (Lipinski definition) is 1. The van der Waals surface area contributed by atoms with Gasteiger partial charge in [0.05, 0.1) is 29.2 Å². The third kappa shape index (κ3) is 2.97. The van der Waals surface area contributed by atoms with Crippen molar-refractivity contribution in [2.75, 3.05) is 5.32 Å². The quantitative estimate of drug-likeness (QED) is 0.607. The fraction of sp³-hybridized carbons (Fsp3) is 0. The smallest absolute Gasteiger partial charge is 0.256 e. The number of furan rings is 1. The second-order valence-corrected chi connectivity index (χ2v) is 5.39. The predicted molar refractivity (Wildman–Crippen MR) is 91.6 cm³/mol. The van der Waals surface area contributed by atoms with Gasteiger partial charge < -0.3 is 9.73 Å². The van der Waals surface area contributed by atoms with Crippen molar-refractivity contribution in [1.29, 1.82) is 0 Å². The summed E-state index contributed by atoms with van der Waals surface area (Å²) in [4.78, 5) is 21.2. The van der Waals surface area contributed by atoms with Crippen LogP contribution in [0.2, 0.25) is 0 Å². The Bertz CT molecular complexity index is 1050. The lowest BCUT2D eigenvalue weighted by Crippen LogP contribution is -2.13. The Kier molecular flexibility index (Phi) is 3.70. The van der Waals surface area contributed by atoms with Gasteiger partial charge in [0.1, 0.15) is 11.5 Å². The zero-order valence-corrected chi connectivity index (χ0v) is 12.9. The SMILES string of the molecule is O=C(Nc1cccnc1)c1cc(-c2ccco2)nc2ccc(F)cc12. The summed E-state index contributed by atoms with van der Waals surface area (Å²) in [6, 6.07) is 12.7. The zero-order valence-electron chi connectivity index (χ0n) is 12.9. The van der Waals surface area contributed by atoms with E-state index in [1.165, 1.54) is 30.7 Å². The molecule has 0 aliphatic heterocycles. The molecule has 6 heteroatoms. The maximum absolute atomic E-state index is 13.7. The van der Waals surface area contributed by atoms with Crippen molar-refractivity contribution in [3.63, 3.8) is 0 Å². The van der Waals surface area contributed by atoms with Crippen LogP contribution in [0.4, 0.5) is 10.1 Å². The van der Waals surface area contributed by atoms with Gasteiger partial charge >= 0.3 is 0 Å². The number of amides is 1. The van der Waals surface area contributed by atoms with Gasteiger partial charge in [-0.15, -0.1) is 0 Å². The van der Waals surface area contributed by atoms with Crippen molar-refractivity contribution in [1.82, 2.24) is 9.97 Å². The van der Waals surface area contributed by atoms with E-state index in [1.54, 1.807) is 36.5 Å². The molecule has 0 unspecified atom stereocenters. The molecule has 4 aromatic rings. The maximum atomic E-state index is 13.7. The molecule has 0 aliphatic carbocycles. The van der Waals surface area contributed by atoms with Gasteiger partial charge in [0.2, 0.25) is 0 Å². The average molecular weight is 333 g/mol. The van der Waals surface area contributed by atoms with Crippen LogP contribution in [-0.2, 0) is 0 Å². The highest BCUT2D eigenvalue weighted by molar-refractivity contribution is 6.13.